The van der Waals surface area contributed by atoms with Crippen LogP contribution < -0.4 is 0 Å². The van der Waals surface area contributed by atoms with Crippen molar-refractivity contribution in [2.24, 2.45) is 0 Å². The number of aliphatic carboxylic acids is 1. The van der Waals surface area contributed by atoms with Gasteiger partial charge >= 0.3 is 5.97 Å². The second-order valence-corrected chi connectivity index (χ2v) is 4.02. The van der Waals surface area contributed by atoms with Gasteiger partial charge < -0.3 is 14.6 Å². The van der Waals surface area contributed by atoms with Gasteiger partial charge in [0, 0.05) is 27.3 Å². The molecule has 0 radical (unpaired) electrons. The summed E-state index contributed by atoms with van der Waals surface area (Å²) in [5.41, 5.74) is 0. The maximum Gasteiger partial charge on any atom is 0.320 e. The lowest BCUT2D eigenvalue weighted by Gasteiger charge is -2.28. The molecular weight excluding hydrogens is 222 g/mol. The minimum atomic E-state index is -0.759. The monoisotopic (exact) mass is 247 g/mol. The SMILES string of the molecule is CCCCC(C(=O)O)N(CCOC)CCOC. The van der Waals surface area contributed by atoms with Gasteiger partial charge in [-0.25, -0.2) is 0 Å². The predicted octanol–water partition coefficient (Wildman–Crippen LogP) is 1.22. The molecule has 1 N–H and O–H groups in total. The number of nitrogens with zero attached hydrogens (tertiary/aromatic N) is 1. The number of carboxylic acids is 1. The van der Waals surface area contributed by atoms with E-state index in [4.69, 9.17) is 9.47 Å². The van der Waals surface area contributed by atoms with E-state index < -0.39 is 12.0 Å². The van der Waals surface area contributed by atoms with Crippen LogP contribution in [0.4, 0.5) is 0 Å². The molecule has 0 aromatic carbocycles. The lowest BCUT2D eigenvalue weighted by Crippen LogP contribution is -2.44. The van der Waals surface area contributed by atoms with E-state index in [2.05, 4.69) is 6.92 Å². The van der Waals surface area contributed by atoms with Crippen LogP contribution >= 0.6 is 0 Å². The molecule has 0 heterocycles. The third-order valence-electron chi connectivity index (χ3n) is 2.72. The van der Waals surface area contributed by atoms with Gasteiger partial charge in [0.1, 0.15) is 6.04 Å². The fraction of sp³-hybridized carbons (Fsp3) is 0.917. The second kappa shape index (κ2) is 10.5. The highest BCUT2D eigenvalue weighted by Gasteiger charge is 2.24. The molecule has 0 aliphatic carbocycles. The number of unbranched alkanes of at least 4 members (excludes halogenated alkanes) is 1. The van der Waals surface area contributed by atoms with Crippen molar-refractivity contribution in [2.75, 3.05) is 40.5 Å². The van der Waals surface area contributed by atoms with Crippen LogP contribution in [0.1, 0.15) is 26.2 Å². The van der Waals surface area contributed by atoms with E-state index in [0.29, 0.717) is 32.7 Å². The van der Waals surface area contributed by atoms with Crippen molar-refractivity contribution in [1.82, 2.24) is 4.90 Å². The standard InChI is InChI=1S/C12H25NO4/c1-4-5-6-11(12(14)15)13(7-9-16-2)8-10-17-3/h11H,4-10H2,1-3H3,(H,14,15). The van der Waals surface area contributed by atoms with E-state index >= 15 is 0 Å². The quantitative estimate of drug-likeness (QED) is 0.595. The average Bonchev–Trinajstić information content (AvgIpc) is 2.31. The summed E-state index contributed by atoms with van der Waals surface area (Å²) in [6.45, 7) is 4.40. The largest absolute Gasteiger partial charge is 0.480 e. The van der Waals surface area contributed by atoms with Gasteiger partial charge in [-0.1, -0.05) is 19.8 Å². The Balaban J connectivity index is 4.37. The van der Waals surface area contributed by atoms with Crippen LogP contribution in [0, 0.1) is 0 Å². The summed E-state index contributed by atoms with van der Waals surface area (Å²) < 4.78 is 10.0. The van der Waals surface area contributed by atoms with Crippen molar-refractivity contribution in [1.29, 1.82) is 0 Å². The molecule has 0 aliphatic heterocycles. The molecule has 5 heteroatoms. The smallest absolute Gasteiger partial charge is 0.320 e. The summed E-state index contributed by atoms with van der Waals surface area (Å²) in [6.07, 6.45) is 2.61. The summed E-state index contributed by atoms with van der Waals surface area (Å²) >= 11 is 0. The van der Waals surface area contributed by atoms with Crippen LogP contribution in [0.3, 0.4) is 0 Å². The second-order valence-electron chi connectivity index (χ2n) is 4.02. The molecule has 0 aromatic rings. The molecule has 17 heavy (non-hydrogen) atoms. The molecule has 0 spiro atoms. The molecule has 0 aliphatic rings. The normalized spacial score (nSPS) is 12.9. The minimum Gasteiger partial charge on any atom is -0.480 e. The van der Waals surface area contributed by atoms with Crippen LogP contribution in [-0.4, -0.2) is 62.5 Å². The van der Waals surface area contributed by atoms with Gasteiger partial charge in [-0.05, 0) is 6.42 Å². The Morgan fingerprint density at radius 3 is 2.12 bits per heavy atom. The van der Waals surface area contributed by atoms with E-state index in [1.165, 1.54) is 0 Å². The fourth-order valence-electron chi connectivity index (χ4n) is 1.70. The molecule has 0 saturated heterocycles. The first-order valence-electron chi connectivity index (χ1n) is 6.12. The lowest BCUT2D eigenvalue weighted by atomic mass is 10.1. The molecule has 0 fully saturated rings. The number of hydrogen-bond acceptors (Lipinski definition) is 4. The van der Waals surface area contributed by atoms with Crippen LogP contribution in [0.15, 0.2) is 0 Å². The molecule has 0 amide bonds. The first kappa shape index (κ1) is 16.4. The summed E-state index contributed by atoms with van der Waals surface area (Å²) in [5.74, 6) is -0.759. The molecule has 1 atom stereocenters. The van der Waals surface area contributed by atoms with Gasteiger partial charge in [-0.3, -0.25) is 9.69 Å². The van der Waals surface area contributed by atoms with Gasteiger partial charge in [0.15, 0.2) is 0 Å². The Morgan fingerprint density at radius 1 is 1.24 bits per heavy atom. The van der Waals surface area contributed by atoms with Gasteiger partial charge in [-0.2, -0.15) is 0 Å². The molecular formula is C12H25NO4. The van der Waals surface area contributed by atoms with E-state index in [0.717, 1.165) is 12.8 Å². The van der Waals surface area contributed by atoms with Gasteiger partial charge in [0.25, 0.3) is 0 Å². The highest BCUT2D eigenvalue weighted by Crippen LogP contribution is 2.09. The number of carbonyl (C=O) groups is 1. The first-order valence-corrected chi connectivity index (χ1v) is 6.12. The summed E-state index contributed by atoms with van der Waals surface area (Å²) in [6, 6.07) is -0.430. The van der Waals surface area contributed by atoms with Crippen molar-refractivity contribution >= 4 is 5.97 Å². The Hall–Kier alpha value is -0.650. The van der Waals surface area contributed by atoms with Crippen LogP contribution in [-0.2, 0) is 14.3 Å². The number of carboxylic acid groups (broad SMARTS) is 1. The highest BCUT2D eigenvalue weighted by molar-refractivity contribution is 5.73. The van der Waals surface area contributed by atoms with Crippen molar-refractivity contribution in [2.45, 2.75) is 32.2 Å². The van der Waals surface area contributed by atoms with E-state index in [-0.39, 0.29) is 0 Å². The summed E-state index contributed by atoms with van der Waals surface area (Å²) in [4.78, 5) is 13.2. The van der Waals surface area contributed by atoms with Crippen molar-refractivity contribution < 1.29 is 19.4 Å². The zero-order chi connectivity index (χ0) is 13.1. The maximum atomic E-state index is 11.2. The van der Waals surface area contributed by atoms with Gasteiger partial charge in [0.05, 0.1) is 13.2 Å². The van der Waals surface area contributed by atoms with E-state index in [9.17, 15) is 9.90 Å². The van der Waals surface area contributed by atoms with Crippen LogP contribution in [0.5, 0.6) is 0 Å². The first-order chi connectivity index (χ1) is 8.17. The van der Waals surface area contributed by atoms with E-state index in [1.54, 1.807) is 14.2 Å². The maximum absolute atomic E-state index is 11.2. The summed E-state index contributed by atoms with van der Waals surface area (Å²) in [5, 5.41) is 9.25. The Labute approximate surface area is 104 Å². The van der Waals surface area contributed by atoms with Crippen molar-refractivity contribution in [3.05, 3.63) is 0 Å². The minimum absolute atomic E-state index is 0.430. The Kier molecular flexibility index (Phi) is 10.1. The number of rotatable bonds is 11. The summed E-state index contributed by atoms with van der Waals surface area (Å²) in [7, 11) is 3.24. The van der Waals surface area contributed by atoms with Gasteiger partial charge in [0.2, 0.25) is 0 Å². The third kappa shape index (κ3) is 7.31. The number of hydrogen-bond donors (Lipinski definition) is 1. The van der Waals surface area contributed by atoms with Gasteiger partial charge in [-0.15, -0.1) is 0 Å². The van der Waals surface area contributed by atoms with Crippen LogP contribution in [0.2, 0.25) is 0 Å². The molecule has 0 aromatic heterocycles. The zero-order valence-corrected chi connectivity index (χ0v) is 11.1. The predicted molar refractivity (Wildman–Crippen MR) is 66.3 cm³/mol. The third-order valence-corrected chi connectivity index (χ3v) is 2.72. The lowest BCUT2D eigenvalue weighted by molar-refractivity contribution is -0.144. The molecule has 0 rings (SSSR count). The molecule has 0 bridgehead atoms. The number of methoxy groups -OCH3 is 2. The number of ether oxygens (including phenoxy) is 2. The van der Waals surface area contributed by atoms with Crippen molar-refractivity contribution in [3.63, 3.8) is 0 Å². The zero-order valence-electron chi connectivity index (χ0n) is 11.1. The fourth-order valence-corrected chi connectivity index (χ4v) is 1.70. The molecule has 5 nitrogen and oxygen atoms in total. The van der Waals surface area contributed by atoms with Crippen molar-refractivity contribution in [3.8, 4) is 0 Å². The van der Waals surface area contributed by atoms with Crippen LogP contribution in [0.25, 0.3) is 0 Å². The Morgan fingerprint density at radius 2 is 1.76 bits per heavy atom. The molecule has 102 valence electrons. The Bertz CT molecular complexity index is 191. The molecule has 1 unspecified atom stereocenters. The highest BCUT2D eigenvalue weighted by atomic mass is 16.5. The topological polar surface area (TPSA) is 59.0 Å². The van der Waals surface area contributed by atoms with E-state index in [1.807, 2.05) is 4.90 Å². The molecule has 0 saturated carbocycles. The average molecular weight is 247 g/mol.